The number of hydrogen-bond donors (Lipinski definition) is 2. The van der Waals surface area contributed by atoms with Crippen LogP contribution >= 0.6 is 0 Å². The van der Waals surface area contributed by atoms with Gasteiger partial charge in [-0.2, -0.15) is 0 Å². The van der Waals surface area contributed by atoms with Crippen LogP contribution in [0.1, 0.15) is 76.1 Å². The third kappa shape index (κ3) is 5.07. The molecule has 9 nitrogen and oxygen atoms in total. The van der Waals surface area contributed by atoms with Crippen molar-refractivity contribution < 1.29 is 8.91 Å². The van der Waals surface area contributed by atoms with Gasteiger partial charge in [0.25, 0.3) is 0 Å². The maximum absolute atomic E-state index is 15.0. The average molecular weight is 546 g/mol. The number of aromatic amines is 1. The standard InChI is InChI=1S/C30H36FN7O2/c1-4-19-12-14-20(15-13-19)16-38-24-25(32-18(3)21-8-7-9-21)33-27(28-36-30(39)40-37-28)34-26(24)35-29(38)17(2)22-10-5-6-11-23(22)31/h4-6,10-11,17-21H,1,7-9,12-16H2,2-3H3,(H,32,33,34)(H,36,37,39)/t17?,18-,19?,20?/m1/s1. The highest BCUT2D eigenvalue weighted by molar-refractivity contribution is 5.86. The van der Waals surface area contributed by atoms with E-state index in [0.29, 0.717) is 34.8 Å². The molecule has 2 fully saturated rings. The summed E-state index contributed by atoms with van der Waals surface area (Å²) in [6, 6.07) is 7.04. The molecule has 0 amide bonds. The van der Waals surface area contributed by atoms with Crippen LogP contribution in [0.15, 0.2) is 46.2 Å². The smallest absolute Gasteiger partial charge is 0.365 e. The number of fused-ring (bicyclic) bond motifs is 1. The van der Waals surface area contributed by atoms with Crippen molar-refractivity contribution in [2.45, 2.75) is 77.3 Å². The van der Waals surface area contributed by atoms with Gasteiger partial charge in [-0.1, -0.05) is 42.8 Å². The molecule has 2 atom stereocenters. The number of anilines is 1. The van der Waals surface area contributed by atoms with Crippen molar-refractivity contribution >= 4 is 17.0 Å². The van der Waals surface area contributed by atoms with Gasteiger partial charge in [0.2, 0.25) is 11.6 Å². The largest absolute Gasteiger partial charge is 0.439 e. The SMILES string of the molecule is C=CC1CCC(Cn2c(C(C)c3ccccc3F)nc3nc(-c4noc(=O)[nH]4)nc(N[C@H](C)C4CCC4)c32)CC1. The van der Waals surface area contributed by atoms with Crippen molar-refractivity contribution in [3.8, 4) is 11.6 Å². The zero-order chi connectivity index (χ0) is 27.8. The van der Waals surface area contributed by atoms with Crippen molar-refractivity contribution in [1.82, 2.24) is 29.7 Å². The maximum atomic E-state index is 15.0. The predicted octanol–water partition coefficient (Wildman–Crippen LogP) is 6.05. The summed E-state index contributed by atoms with van der Waals surface area (Å²) in [7, 11) is 0. The zero-order valence-electron chi connectivity index (χ0n) is 23.1. The van der Waals surface area contributed by atoms with Gasteiger partial charge in [0.1, 0.15) is 17.2 Å². The first-order chi connectivity index (χ1) is 19.4. The summed E-state index contributed by atoms with van der Waals surface area (Å²) in [6.07, 6.45) is 10.1. The molecule has 210 valence electrons. The number of allylic oxidation sites excluding steroid dienone is 1. The van der Waals surface area contributed by atoms with Gasteiger partial charge in [-0.05, 0) is 74.8 Å². The topological polar surface area (TPSA) is 115 Å². The molecule has 0 spiro atoms. The molecule has 4 aromatic rings. The van der Waals surface area contributed by atoms with Crippen LogP contribution in [0.5, 0.6) is 0 Å². The van der Waals surface area contributed by atoms with Crippen LogP contribution < -0.4 is 11.1 Å². The summed E-state index contributed by atoms with van der Waals surface area (Å²) in [6.45, 7) is 8.90. The van der Waals surface area contributed by atoms with Crippen LogP contribution in [-0.4, -0.2) is 35.7 Å². The lowest BCUT2D eigenvalue weighted by molar-refractivity contribution is 0.280. The molecule has 3 heterocycles. The monoisotopic (exact) mass is 545 g/mol. The first-order valence-corrected chi connectivity index (χ1v) is 14.4. The molecule has 40 heavy (non-hydrogen) atoms. The molecule has 10 heteroatoms. The van der Waals surface area contributed by atoms with Crippen molar-refractivity contribution in [3.63, 3.8) is 0 Å². The van der Waals surface area contributed by atoms with Crippen LogP contribution in [0.4, 0.5) is 10.2 Å². The molecule has 1 unspecified atom stereocenters. The number of aromatic nitrogens is 6. The number of nitrogens with one attached hydrogen (secondary N) is 2. The van der Waals surface area contributed by atoms with Gasteiger partial charge in [0.15, 0.2) is 11.5 Å². The normalized spacial score (nSPS) is 21.2. The van der Waals surface area contributed by atoms with Crippen LogP contribution in [-0.2, 0) is 6.54 Å². The van der Waals surface area contributed by atoms with Crippen molar-refractivity contribution in [2.75, 3.05) is 5.32 Å². The highest BCUT2D eigenvalue weighted by atomic mass is 19.1. The molecular formula is C30H36FN7O2. The zero-order valence-corrected chi connectivity index (χ0v) is 23.1. The van der Waals surface area contributed by atoms with Crippen LogP contribution in [0, 0.1) is 23.6 Å². The summed E-state index contributed by atoms with van der Waals surface area (Å²) in [5.41, 5.74) is 1.86. The fourth-order valence-corrected chi connectivity index (χ4v) is 6.20. The van der Waals surface area contributed by atoms with E-state index in [2.05, 4.69) is 39.6 Å². The second-order valence-electron chi connectivity index (χ2n) is 11.5. The lowest BCUT2D eigenvalue weighted by atomic mass is 9.80. The molecule has 2 saturated carbocycles. The summed E-state index contributed by atoms with van der Waals surface area (Å²) >= 11 is 0. The van der Waals surface area contributed by atoms with E-state index in [9.17, 15) is 9.18 Å². The number of halogens is 1. The Balaban J connectivity index is 1.50. The number of nitrogens with zero attached hydrogens (tertiary/aromatic N) is 5. The molecule has 0 aliphatic heterocycles. The lowest BCUT2D eigenvalue weighted by Crippen LogP contribution is -2.31. The quantitative estimate of drug-likeness (QED) is 0.246. The highest BCUT2D eigenvalue weighted by Gasteiger charge is 2.30. The molecular weight excluding hydrogens is 509 g/mol. The van der Waals surface area contributed by atoms with E-state index < -0.39 is 5.76 Å². The van der Waals surface area contributed by atoms with E-state index >= 15 is 0 Å². The molecule has 1 aromatic carbocycles. The number of imidazole rings is 1. The molecule has 0 bridgehead atoms. The van der Waals surface area contributed by atoms with Gasteiger partial charge in [0.05, 0.1) is 0 Å². The third-order valence-corrected chi connectivity index (χ3v) is 8.93. The highest BCUT2D eigenvalue weighted by Crippen LogP contribution is 2.37. The van der Waals surface area contributed by atoms with Crippen molar-refractivity contribution in [3.05, 3.63) is 64.7 Å². The van der Waals surface area contributed by atoms with E-state index in [-0.39, 0.29) is 29.4 Å². The fraction of sp³-hybridized carbons (Fsp3) is 0.500. The molecule has 2 N–H and O–H groups in total. The minimum atomic E-state index is -0.675. The number of H-pyrrole nitrogens is 1. The summed E-state index contributed by atoms with van der Waals surface area (Å²) in [5.74, 6) is 2.07. The average Bonchev–Trinajstić information content (AvgIpc) is 3.51. The minimum absolute atomic E-state index is 0.146. The van der Waals surface area contributed by atoms with Gasteiger partial charge in [-0.3, -0.25) is 9.51 Å². The second-order valence-corrected chi connectivity index (χ2v) is 11.5. The molecule has 0 radical (unpaired) electrons. The van der Waals surface area contributed by atoms with Crippen LogP contribution in [0.25, 0.3) is 22.8 Å². The molecule has 2 aliphatic carbocycles. The first kappa shape index (κ1) is 26.4. The van der Waals surface area contributed by atoms with Gasteiger partial charge in [-0.15, -0.1) is 6.58 Å². The second kappa shape index (κ2) is 11.0. The van der Waals surface area contributed by atoms with E-state index in [1.165, 1.54) is 25.3 Å². The maximum Gasteiger partial charge on any atom is 0.439 e. The Bertz CT molecular complexity index is 1560. The summed E-state index contributed by atoms with van der Waals surface area (Å²) < 4.78 is 21.9. The van der Waals surface area contributed by atoms with Crippen molar-refractivity contribution in [2.24, 2.45) is 17.8 Å². The Morgan fingerprint density at radius 2 is 1.93 bits per heavy atom. The van der Waals surface area contributed by atoms with E-state index in [4.69, 9.17) is 19.5 Å². The van der Waals surface area contributed by atoms with Gasteiger partial charge in [-0.25, -0.2) is 24.1 Å². The predicted molar refractivity (Wildman–Crippen MR) is 151 cm³/mol. The summed E-state index contributed by atoms with van der Waals surface area (Å²) in [4.78, 5) is 28.8. The van der Waals surface area contributed by atoms with Gasteiger partial charge in [0, 0.05) is 18.5 Å². The van der Waals surface area contributed by atoms with Gasteiger partial charge >= 0.3 is 5.76 Å². The minimum Gasteiger partial charge on any atom is -0.365 e. The Labute approximate surface area is 232 Å². The van der Waals surface area contributed by atoms with E-state index in [0.717, 1.165) is 43.6 Å². The van der Waals surface area contributed by atoms with Crippen molar-refractivity contribution in [1.29, 1.82) is 0 Å². The van der Waals surface area contributed by atoms with Gasteiger partial charge < -0.3 is 9.88 Å². The van der Waals surface area contributed by atoms with Crippen LogP contribution in [0.3, 0.4) is 0 Å². The Kier molecular flexibility index (Phi) is 7.25. The molecule has 6 rings (SSSR count). The number of rotatable bonds is 9. The third-order valence-electron chi connectivity index (χ3n) is 8.93. The molecule has 3 aromatic heterocycles. The summed E-state index contributed by atoms with van der Waals surface area (Å²) in [5, 5.41) is 7.47. The number of hydrogen-bond acceptors (Lipinski definition) is 7. The van der Waals surface area contributed by atoms with E-state index in [1.807, 2.05) is 19.1 Å². The Morgan fingerprint density at radius 1 is 1.15 bits per heavy atom. The Morgan fingerprint density at radius 3 is 2.58 bits per heavy atom. The molecule has 0 saturated heterocycles. The fourth-order valence-electron chi connectivity index (χ4n) is 6.20. The number of benzene rings is 1. The van der Waals surface area contributed by atoms with E-state index in [1.54, 1.807) is 6.07 Å². The Hall–Kier alpha value is -3.82. The first-order valence-electron chi connectivity index (χ1n) is 14.4. The molecule has 2 aliphatic rings. The van der Waals surface area contributed by atoms with Crippen LogP contribution in [0.2, 0.25) is 0 Å². The lowest BCUT2D eigenvalue weighted by Gasteiger charge is -2.32.